The zero-order chi connectivity index (χ0) is 9.97. The molecule has 2 unspecified atom stereocenters. The van der Waals surface area contributed by atoms with E-state index >= 15 is 0 Å². The van der Waals surface area contributed by atoms with Gasteiger partial charge in [0, 0.05) is 12.4 Å². The Bertz CT molecular complexity index is 323. The molecule has 0 aliphatic heterocycles. The van der Waals surface area contributed by atoms with Crippen LogP contribution in [-0.2, 0) is 11.2 Å². The maximum Gasteiger partial charge on any atom is 0.306 e. The van der Waals surface area contributed by atoms with Gasteiger partial charge in [0.15, 0.2) is 0 Å². The molecule has 2 atom stereocenters. The van der Waals surface area contributed by atoms with Crippen LogP contribution in [0.4, 0.5) is 0 Å². The summed E-state index contributed by atoms with van der Waals surface area (Å²) in [6.07, 6.45) is 6.26. The van der Waals surface area contributed by atoms with Gasteiger partial charge in [-0.15, -0.1) is 0 Å². The summed E-state index contributed by atoms with van der Waals surface area (Å²) in [6, 6.07) is 3.91. The molecule has 0 spiro atoms. The molecule has 1 aromatic heterocycles. The van der Waals surface area contributed by atoms with Crippen molar-refractivity contribution in [2.24, 2.45) is 11.8 Å². The molecule has 0 aromatic carbocycles. The molecule has 3 nitrogen and oxygen atoms in total. The van der Waals surface area contributed by atoms with Crippen LogP contribution in [0.25, 0.3) is 0 Å². The molecule has 0 amide bonds. The molecule has 1 saturated carbocycles. The summed E-state index contributed by atoms with van der Waals surface area (Å²) in [6.45, 7) is 0. The molecule has 2 rings (SSSR count). The Balaban J connectivity index is 1.96. The smallest absolute Gasteiger partial charge is 0.306 e. The lowest BCUT2D eigenvalue weighted by Gasteiger charge is -2.33. The van der Waals surface area contributed by atoms with Crippen LogP contribution in [0.15, 0.2) is 24.5 Å². The fraction of sp³-hybridized carbons (Fsp3) is 0.455. The molecule has 1 aliphatic carbocycles. The van der Waals surface area contributed by atoms with Crippen LogP contribution in [0.3, 0.4) is 0 Å². The molecule has 3 heteroatoms. The van der Waals surface area contributed by atoms with Gasteiger partial charge >= 0.3 is 5.97 Å². The first-order valence-electron chi connectivity index (χ1n) is 4.89. The van der Waals surface area contributed by atoms with E-state index in [1.807, 2.05) is 12.1 Å². The summed E-state index contributed by atoms with van der Waals surface area (Å²) in [5, 5.41) is 8.87. The highest BCUT2D eigenvalue weighted by atomic mass is 16.4. The fourth-order valence-electron chi connectivity index (χ4n) is 1.96. The van der Waals surface area contributed by atoms with Crippen LogP contribution in [0, 0.1) is 11.8 Å². The molecule has 1 fully saturated rings. The second kappa shape index (κ2) is 3.78. The van der Waals surface area contributed by atoms with Crippen LogP contribution >= 0.6 is 0 Å². The van der Waals surface area contributed by atoms with E-state index in [1.54, 1.807) is 12.4 Å². The second-order valence-electron chi connectivity index (χ2n) is 3.84. The number of aliphatic carboxylic acids is 1. The summed E-state index contributed by atoms with van der Waals surface area (Å²) in [4.78, 5) is 14.7. The molecule has 1 aromatic rings. The van der Waals surface area contributed by atoms with E-state index in [1.165, 1.54) is 5.56 Å². The van der Waals surface area contributed by atoms with Crippen LogP contribution in [0.2, 0.25) is 0 Å². The minimum Gasteiger partial charge on any atom is -0.481 e. The van der Waals surface area contributed by atoms with Crippen molar-refractivity contribution in [2.45, 2.75) is 19.3 Å². The van der Waals surface area contributed by atoms with Crippen molar-refractivity contribution in [3.63, 3.8) is 0 Å². The van der Waals surface area contributed by atoms with E-state index in [-0.39, 0.29) is 5.92 Å². The maximum absolute atomic E-state index is 10.8. The number of hydrogen-bond acceptors (Lipinski definition) is 2. The van der Waals surface area contributed by atoms with Gasteiger partial charge in [-0.1, -0.05) is 0 Å². The monoisotopic (exact) mass is 191 g/mol. The maximum atomic E-state index is 10.8. The molecule has 0 radical (unpaired) electrons. The Labute approximate surface area is 82.8 Å². The minimum absolute atomic E-state index is 0.122. The highest BCUT2D eigenvalue weighted by molar-refractivity contribution is 5.71. The highest BCUT2D eigenvalue weighted by Gasteiger charge is 2.36. The minimum atomic E-state index is -0.643. The number of pyridine rings is 1. The largest absolute Gasteiger partial charge is 0.481 e. The number of rotatable bonds is 3. The van der Waals surface area contributed by atoms with Gasteiger partial charge in [0.05, 0.1) is 5.92 Å². The van der Waals surface area contributed by atoms with Gasteiger partial charge in [0.2, 0.25) is 0 Å². The molecule has 1 aliphatic rings. The first-order valence-corrected chi connectivity index (χ1v) is 4.89. The zero-order valence-electron chi connectivity index (χ0n) is 7.89. The first-order chi connectivity index (χ1) is 6.77. The van der Waals surface area contributed by atoms with Gasteiger partial charge in [-0.2, -0.15) is 0 Å². The number of carboxylic acid groups (broad SMARTS) is 1. The van der Waals surface area contributed by atoms with Crippen molar-refractivity contribution in [2.75, 3.05) is 0 Å². The van der Waals surface area contributed by atoms with E-state index in [0.29, 0.717) is 5.92 Å². The lowest BCUT2D eigenvalue weighted by atomic mass is 9.71. The summed E-state index contributed by atoms with van der Waals surface area (Å²) in [5.41, 5.74) is 1.19. The molecular weight excluding hydrogens is 178 g/mol. The van der Waals surface area contributed by atoms with Crippen LogP contribution in [0.1, 0.15) is 18.4 Å². The second-order valence-corrected chi connectivity index (χ2v) is 3.84. The van der Waals surface area contributed by atoms with Crippen molar-refractivity contribution in [3.05, 3.63) is 30.1 Å². The van der Waals surface area contributed by atoms with Crippen molar-refractivity contribution < 1.29 is 9.90 Å². The summed E-state index contributed by atoms with van der Waals surface area (Å²) >= 11 is 0. The average Bonchev–Trinajstić information content (AvgIpc) is 2.13. The lowest BCUT2D eigenvalue weighted by Crippen LogP contribution is -2.34. The van der Waals surface area contributed by atoms with E-state index < -0.39 is 5.97 Å². The third kappa shape index (κ3) is 1.76. The van der Waals surface area contributed by atoms with E-state index in [0.717, 1.165) is 19.3 Å². The van der Waals surface area contributed by atoms with Crippen molar-refractivity contribution in [1.29, 1.82) is 0 Å². The first kappa shape index (κ1) is 9.19. The number of carbonyl (C=O) groups is 1. The standard InChI is InChI=1S/C11H13NO2/c13-11(14)10-2-1-9(10)7-8-3-5-12-6-4-8/h3-6,9-10H,1-2,7H2,(H,13,14). The van der Waals surface area contributed by atoms with Crippen LogP contribution in [0.5, 0.6) is 0 Å². The summed E-state index contributed by atoms with van der Waals surface area (Å²) in [7, 11) is 0. The van der Waals surface area contributed by atoms with Crippen LogP contribution in [-0.4, -0.2) is 16.1 Å². The van der Waals surface area contributed by atoms with Gasteiger partial charge in [0.1, 0.15) is 0 Å². The average molecular weight is 191 g/mol. The fourth-order valence-corrected chi connectivity index (χ4v) is 1.96. The summed E-state index contributed by atoms with van der Waals surface area (Å²) in [5.74, 6) is -0.437. The Morgan fingerprint density at radius 3 is 2.64 bits per heavy atom. The number of aromatic nitrogens is 1. The predicted octanol–water partition coefficient (Wildman–Crippen LogP) is 1.73. The molecule has 1 N–H and O–H groups in total. The molecule has 74 valence electrons. The van der Waals surface area contributed by atoms with Crippen molar-refractivity contribution >= 4 is 5.97 Å². The molecule has 0 bridgehead atoms. The Hall–Kier alpha value is -1.38. The summed E-state index contributed by atoms with van der Waals surface area (Å²) < 4.78 is 0. The van der Waals surface area contributed by atoms with Gasteiger partial charge in [0.25, 0.3) is 0 Å². The molecule has 1 heterocycles. The highest BCUT2D eigenvalue weighted by Crippen LogP contribution is 2.36. The van der Waals surface area contributed by atoms with Gasteiger partial charge in [-0.25, -0.2) is 0 Å². The van der Waals surface area contributed by atoms with E-state index in [4.69, 9.17) is 5.11 Å². The third-order valence-electron chi connectivity index (χ3n) is 2.98. The quantitative estimate of drug-likeness (QED) is 0.791. The van der Waals surface area contributed by atoms with E-state index in [9.17, 15) is 4.79 Å². The third-order valence-corrected chi connectivity index (χ3v) is 2.98. The predicted molar refractivity (Wildman–Crippen MR) is 51.8 cm³/mol. The molecular formula is C11H13NO2. The van der Waals surface area contributed by atoms with Crippen molar-refractivity contribution in [1.82, 2.24) is 4.98 Å². The van der Waals surface area contributed by atoms with Crippen molar-refractivity contribution in [3.8, 4) is 0 Å². The zero-order valence-corrected chi connectivity index (χ0v) is 7.89. The topological polar surface area (TPSA) is 50.2 Å². The normalized spacial score (nSPS) is 25.4. The lowest BCUT2D eigenvalue weighted by molar-refractivity contribution is -0.147. The van der Waals surface area contributed by atoms with Gasteiger partial charge < -0.3 is 5.11 Å². The molecule has 0 saturated heterocycles. The Morgan fingerprint density at radius 2 is 2.14 bits per heavy atom. The number of carboxylic acids is 1. The molecule has 14 heavy (non-hydrogen) atoms. The van der Waals surface area contributed by atoms with Gasteiger partial charge in [-0.05, 0) is 42.9 Å². The SMILES string of the molecule is O=C(O)C1CCC1Cc1ccncc1. The Kier molecular flexibility index (Phi) is 2.48. The Morgan fingerprint density at radius 1 is 1.43 bits per heavy atom. The number of nitrogens with zero attached hydrogens (tertiary/aromatic N) is 1. The van der Waals surface area contributed by atoms with Gasteiger partial charge in [-0.3, -0.25) is 9.78 Å². The number of hydrogen-bond donors (Lipinski definition) is 1. The van der Waals surface area contributed by atoms with Crippen LogP contribution < -0.4 is 0 Å². The van der Waals surface area contributed by atoms with E-state index in [2.05, 4.69) is 4.98 Å².